The fourth-order valence-corrected chi connectivity index (χ4v) is 3.04. The first-order chi connectivity index (χ1) is 11.3. The molecule has 0 spiro atoms. The average Bonchev–Trinajstić information content (AvgIpc) is 2.54. The number of ether oxygens (including phenoxy) is 1. The summed E-state index contributed by atoms with van der Waals surface area (Å²) in [5.41, 5.74) is 0.461. The highest BCUT2D eigenvalue weighted by Gasteiger charge is 2.20. The Morgan fingerprint density at radius 3 is 2.62 bits per heavy atom. The molecule has 3 rings (SSSR count). The third-order valence-corrected chi connectivity index (χ3v) is 4.46. The number of pyridine rings is 1. The number of nitrogens with zero attached hydrogens (tertiary/aromatic N) is 2. The summed E-state index contributed by atoms with van der Waals surface area (Å²) in [4.78, 5) is 14.2. The summed E-state index contributed by atoms with van der Waals surface area (Å²) in [5.74, 6) is 0.445. The van der Waals surface area contributed by atoms with E-state index in [4.69, 9.17) is 4.74 Å². The zero-order valence-electron chi connectivity index (χ0n) is 12.5. The maximum Gasteiger partial charge on any atom is 0.271 e. The van der Waals surface area contributed by atoms with Crippen molar-refractivity contribution in [3.63, 3.8) is 0 Å². The lowest BCUT2D eigenvalue weighted by atomic mass is 10.2. The lowest BCUT2D eigenvalue weighted by Crippen LogP contribution is -2.02. The molecule has 0 aliphatic rings. The molecule has 0 aliphatic carbocycles. The van der Waals surface area contributed by atoms with Gasteiger partial charge in [-0.3, -0.25) is 15.1 Å². The van der Waals surface area contributed by atoms with Crippen molar-refractivity contribution >= 4 is 26.4 Å². The van der Waals surface area contributed by atoms with Crippen LogP contribution in [-0.2, 0) is 9.84 Å². The standard InChI is InChI=1S/C16H12N2O5S/c1-24(21,22)16-10-12(18(19)20)4-7-15(16)23-13-5-6-14-11(9-13)3-2-8-17-14/h2-10H,1H3. The van der Waals surface area contributed by atoms with E-state index >= 15 is 0 Å². The molecule has 122 valence electrons. The highest BCUT2D eigenvalue weighted by Crippen LogP contribution is 2.32. The minimum Gasteiger partial charge on any atom is -0.456 e. The second-order valence-electron chi connectivity index (χ2n) is 5.12. The van der Waals surface area contributed by atoms with Gasteiger partial charge in [0.2, 0.25) is 0 Å². The molecule has 1 aromatic heterocycles. The van der Waals surface area contributed by atoms with Gasteiger partial charge >= 0.3 is 0 Å². The van der Waals surface area contributed by atoms with Gasteiger partial charge in [0, 0.05) is 30.0 Å². The molecule has 0 fully saturated rings. The van der Waals surface area contributed by atoms with Gasteiger partial charge in [-0.15, -0.1) is 0 Å². The number of rotatable bonds is 4. The number of hydrogen-bond donors (Lipinski definition) is 0. The van der Waals surface area contributed by atoms with Crippen LogP contribution in [0.15, 0.2) is 59.6 Å². The largest absolute Gasteiger partial charge is 0.456 e. The summed E-state index contributed by atoms with van der Waals surface area (Å²) in [6.07, 6.45) is 2.64. The van der Waals surface area contributed by atoms with Crippen LogP contribution in [0.1, 0.15) is 0 Å². The Hall–Kier alpha value is -3.00. The van der Waals surface area contributed by atoms with Crippen LogP contribution in [0.4, 0.5) is 5.69 Å². The van der Waals surface area contributed by atoms with E-state index in [1.54, 1.807) is 30.5 Å². The van der Waals surface area contributed by atoms with Gasteiger partial charge in [-0.2, -0.15) is 0 Å². The molecule has 0 saturated heterocycles. The maximum absolute atomic E-state index is 11.9. The van der Waals surface area contributed by atoms with E-state index in [2.05, 4.69) is 4.98 Å². The van der Waals surface area contributed by atoms with Crippen LogP contribution in [0.25, 0.3) is 10.9 Å². The maximum atomic E-state index is 11.9. The van der Waals surface area contributed by atoms with Crippen molar-refractivity contribution in [3.05, 3.63) is 64.8 Å². The van der Waals surface area contributed by atoms with E-state index in [1.165, 1.54) is 12.1 Å². The molecule has 0 atom stereocenters. The van der Waals surface area contributed by atoms with Crippen molar-refractivity contribution in [2.75, 3.05) is 6.26 Å². The van der Waals surface area contributed by atoms with Crippen molar-refractivity contribution in [1.29, 1.82) is 0 Å². The summed E-state index contributed by atoms with van der Waals surface area (Å²) in [5, 5.41) is 11.7. The van der Waals surface area contributed by atoms with E-state index in [1.807, 2.05) is 6.07 Å². The number of hydrogen-bond acceptors (Lipinski definition) is 6. The molecular formula is C16H12N2O5S. The lowest BCUT2D eigenvalue weighted by Gasteiger charge is -2.10. The first-order valence-corrected chi connectivity index (χ1v) is 8.75. The second-order valence-corrected chi connectivity index (χ2v) is 7.10. The fraction of sp³-hybridized carbons (Fsp3) is 0.0625. The van der Waals surface area contributed by atoms with Crippen LogP contribution < -0.4 is 4.74 Å². The van der Waals surface area contributed by atoms with Gasteiger partial charge in [-0.25, -0.2) is 8.42 Å². The third-order valence-electron chi connectivity index (χ3n) is 3.34. The molecule has 0 aliphatic heterocycles. The molecule has 3 aromatic rings. The number of benzene rings is 2. The molecule has 0 radical (unpaired) electrons. The number of sulfone groups is 1. The van der Waals surface area contributed by atoms with Gasteiger partial charge in [-0.05, 0) is 30.3 Å². The molecular weight excluding hydrogens is 332 g/mol. The van der Waals surface area contributed by atoms with Gasteiger partial charge in [0.1, 0.15) is 16.4 Å². The van der Waals surface area contributed by atoms with Crippen molar-refractivity contribution in [2.45, 2.75) is 4.90 Å². The SMILES string of the molecule is CS(=O)(=O)c1cc([N+](=O)[O-])ccc1Oc1ccc2ncccc2c1. The van der Waals surface area contributed by atoms with E-state index in [0.29, 0.717) is 5.75 Å². The normalized spacial score (nSPS) is 11.4. The molecule has 2 aromatic carbocycles. The Morgan fingerprint density at radius 1 is 1.12 bits per heavy atom. The fourth-order valence-electron chi connectivity index (χ4n) is 2.23. The Bertz CT molecular complexity index is 1050. The molecule has 0 unspecified atom stereocenters. The zero-order chi connectivity index (χ0) is 17.3. The summed E-state index contributed by atoms with van der Waals surface area (Å²) in [7, 11) is -3.69. The predicted octanol–water partition coefficient (Wildman–Crippen LogP) is 3.34. The smallest absolute Gasteiger partial charge is 0.271 e. The summed E-state index contributed by atoms with van der Waals surface area (Å²) in [6.45, 7) is 0. The Kier molecular flexibility index (Phi) is 3.90. The van der Waals surface area contributed by atoms with Gasteiger partial charge < -0.3 is 4.74 Å². The summed E-state index contributed by atoms with van der Waals surface area (Å²) in [6, 6.07) is 12.2. The van der Waals surface area contributed by atoms with Crippen molar-refractivity contribution < 1.29 is 18.1 Å². The highest BCUT2D eigenvalue weighted by molar-refractivity contribution is 7.90. The van der Waals surface area contributed by atoms with E-state index in [0.717, 1.165) is 23.2 Å². The molecule has 0 N–H and O–H groups in total. The van der Waals surface area contributed by atoms with Crippen LogP contribution in [-0.4, -0.2) is 24.6 Å². The molecule has 7 nitrogen and oxygen atoms in total. The van der Waals surface area contributed by atoms with Crippen molar-refractivity contribution in [1.82, 2.24) is 4.98 Å². The number of aromatic nitrogens is 1. The number of non-ortho nitro benzene ring substituents is 1. The summed E-state index contributed by atoms with van der Waals surface area (Å²) >= 11 is 0. The predicted molar refractivity (Wildman–Crippen MR) is 88.0 cm³/mol. The van der Waals surface area contributed by atoms with Crippen LogP contribution in [0.3, 0.4) is 0 Å². The van der Waals surface area contributed by atoms with Crippen LogP contribution in [0.5, 0.6) is 11.5 Å². The minimum absolute atomic E-state index is 0.0336. The molecule has 0 amide bonds. The second kappa shape index (κ2) is 5.89. The summed E-state index contributed by atoms with van der Waals surface area (Å²) < 4.78 is 29.5. The molecule has 0 saturated carbocycles. The van der Waals surface area contributed by atoms with Crippen molar-refractivity contribution in [2.24, 2.45) is 0 Å². The minimum atomic E-state index is -3.69. The monoisotopic (exact) mass is 344 g/mol. The topological polar surface area (TPSA) is 99.4 Å². The Morgan fingerprint density at radius 2 is 1.92 bits per heavy atom. The van der Waals surface area contributed by atoms with Crippen LogP contribution in [0.2, 0.25) is 0 Å². The average molecular weight is 344 g/mol. The van der Waals surface area contributed by atoms with Crippen LogP contribution in [0, 0.1) is 10.1 Å². The Labute approximate surface area is 137 Å². The van der Waals surface area contributed by atoms with Crippen LogP contribution >= 0.6 is 0 Å². The van der Waals surface area contributed by atoms with E-state index in [-0.39, 0.29) is 16.3 Å². The molecule has 1 heterocycles. The highest BCUT2D eigenvalue weighted by atomic mass is 32.2. The molecule has 8 heteroatoms. The molecule has 0 bridgehead atoms. The lowest BCUT2D eigenvalue weighted by molar-refractivity contribution is -0.385. The first-order valence-electron chi connectivity index (χ1n) is 6.86. The Balaban J connectivity index is 2.06. The third kappa shape index (κ3) is 3.18. The molecule has 24 heavy (non-hydrogen) atoms. The van der Waals surface area contributed by atoms with E-state index < -0.39 is 14.8 Å². The van der Waals surface area contributed by atoms with Gasteiger partial charge in [0.25, 0.3) is 5.69 Å². The zero-order valence-corrected chi connectivity index (χ0v) is 13.4. The quantitative estimate of drug-likeness (QED) is 0.531. The van der Waals surface area contributed by atoms with E-state index in [9.17, 15) is 18.5 Å². The van der Waals surface area contributed by atoms with Gasteiger partial charge in [-0.1, -0.05) is 6.07 Å². The number of nitro benzene ring substituents is 1. The van der Waals surface area contributed by atoms with Gasteiger partial charge in [0.05, 0.1) is 10.4 Å². The van der Waals surface area contributed by atoms with Gasteiger partial charge in [0.15, 0.2) is 9.84 Å². The number of fused-ring (bicyclic) bond motifs is 1. The number of nitro groups is 1. The first kappa shape index (κ1) is 15.9. The van der Waals surface area contributed by atoms with Crippen molar-refractivity contribution in [3.8, 4) is 11.5 Å².